The molecule has 0 aromatic heterocycles. The van der Waals surface area contributed by atoms with E-state index in [9.17, 15) is 4.79 Å². The van der Waals surface area contributed by atoms with Crippen LogP contribution in [0, 0.1) is 0 Å². The van der Waals surface area contributed by atoms with Gasteiger partial charge >= 0.3 is 0 Å². The lowest BCUT2D eigenvalue weighted by atomic mass is 10.2. The first-order chi connectivity index (χ1) is 12.5. The van der Waals surface area contributed by atoms with Crippen LogP contribution in [0.15, 0.2) is 53.6 Å². The molecule has 0 unspecified atom stereocenters. The predicted molar refractivity (Wildman–Crippen MR) is 104 cm³/mol. The molecule has 0 saturated heterocycles. The SMILES string of the molecule is CCOc1cc(/C=N\N(C)c2ccccc2)ccc1OCC(=O)N(C)C. The van der Waals surface area contributed by atoms with E-state index in [1.165, 1.54) is 4.90 Å². The topological polar surface area (TPSA) is 54.4 Å². The van der Waals surface area contributed by atoms with E-state index in [0.717, 1.165) is 11.3 Å². The Hall–Kier alpha value is -3.02. The molecule has 0 aliphatic rings. The molecule has 0 spiro atoms. The van der Waals surface area contributed by atoms with Crippen molar-refractivity contribution in [3.8, 4) is 11.5 Å². The molecule has 0 radical (unpaired) electrons. The predicted octanol–water partition coefficient (Wildman–Crippen LogP) is 3.02. The van der Waals surface area contributed by atoms with Gasteiger partial charge in [0.05, 0.1) is 18.5 Å². The van der Waals surface area contributed by atoms with Crippen LogP contribution in [0.25, 0.3) is 0 Å². The van der Waals surface area contributed by atoms with Crippen LogP contribution in [0.2, 0.25) is 0 Å². The summed E-state index contributed by atoms with van der Waals surface area (Å²) < 4.78 is 11.2. The van der Waals surface area contributed by atoms with Crippen molar-refractivity contribution in [2.75, 3.05) is 39.4 Å². The van der Waals surface area contributed by atoms with Crippen LogP contribution in [0.4, 0.5) is 5.69 Å². The maximum absolute atomic E-state index is 11.7. The van der Waals surface area contributed by atoms with E-state index in [1.807, 2.05) is 56.4 Å². The Labute approximate surface area is 154 Å². The number of nitrogens with zero attached hydrogens (tertiary/aromatic N) is 3. The van der Waals surface area contributed by atoms with E-state index in [-0.39, 0.29) is 12.5 Å². The molecule has 1 amide bonds. The van der Waals surface area contributed by atoms with Gasteiger partial charge in [-0.1, -0.05) is 18.2 Å². The van der Waals surface area contributed by atoms with Gasteiger partial charge in [-0.2, -0.15) is 5.10 Å². The summed E-state index contributed by atoms with van der Waals surface area (Å²) in [6.07, 6.45) is 1.75. The van der Waals surface area contributed by atoms with Crippen LogP contribution in [0.5, 0.6) is 11.5 Å². The van der Waals surface area contributed by atoms with Gasteiger partial charge in [0, 0.05) is 21.1 Å². The number of benzene rings is 2. The summed E-state index contributed by atoms with van der Waals surface area (Å²) in [5.74, 6) is 1.02. The summed E-state index contributed by atoms with van der Waals surface area (Å²) in [6.45, 7) is 2.37. The molecule has 2 rings (SSSR count). The number of hydrogen-bond donors (Lipinski definition) is 0. The number of carbonyl (C=O) groups is 1. The van der Waals surface area contributed by atoms with Gasteiger partial charge in [-0.3, -0.25) is 9.80 Å². The van der Waals surface area contributed by atoms with E-state index in [1.54, 1.807) is 31.4 Å². The van der Waals surface area contributed by atoms with Crippen molar-refractivity contribution in [1.82, 2.24) is 4.90 Å². The second-order valence-electron chi connectivity index (χ2n) is 5.82. The fourth-order valence-electron chi connectivity index (χ4n) is 2.12. The van der Waals surface area contributed by atoms with Crippen molar-refractivity contribution in [2.24, 2.45) is 5.10 Å². The molecule has 138 valence electrons. The summed E-state index contributed by atoms with van der Waals surface area (Å²) in [5, 5.41) is 6.24. The summed E-state index contributed by atoms with van der Waals surface area (Å²) in [4.78, 5) is 13.2. The maximum atomic E-state index is 11.7. The van der Waals surface area contributed by atoms with Crippen LogP contribution in [0.1, 0.15) is 12.5 Å². The van der Waals surface area contributed by atoms with Crippen LogP contribution < -0.4 is 14.5 Å². The minimum absolute atomic E-state index is 0.0305. The molecule has 0 fully saturated rings. The van der Waals surface area contributed by atoms with Gasteiger partial charge in [0.25, 0.3) is 5.91 Å². The van der Waals surface area contributed by atoms with E-state index in [0.29, 0.717) is 18.1 Å². The summed E-state index contributed by atoms with van der Waals surface area (Å²) in [6, 6.07) is 15.4. The Kier molecular flexibility index (Phi) is 7.02. The number of ether oxygens (including phenoxy) is 2. The highest BCUT2D eigenvalue weighted by Crippen LogP contribution is 2.28. The Morgan fingerprint density at radius 1 is 1.04 bits per heavy atom. The Morgan fingerprint density at radius 3 is 2.42 bits per heavy atom. The molecular formula is C20H25N3O3. The third-order valence-corrected chi connectivity index (χ3v) is 3.63. The van der Waals surface area contributed by atoms with Crippen LogP contribution in [-0.2, 0) is 4.79 Å². The molecule has 0 aliphatic carbocycles. The number of para-hydroxylation sites is 1. The first kappa shape index (κ1) is 19.3. The zero-order valence-corrected chi connectivity index (χ0v) is 15.7. The monoisotopic (exact) mass is 355 g/mol. The number of hydrazone groups is 1. The van der Waals surface area contributed by atoms with Crippen molar-refractivity contribution in [2.45, 2.75) is 6.92 Å². The molecule has 6 nitrogen and oxygen atoms in total. The summed E-state index contributed by atoms with van der Waals surface area (Å²) >= 11 is 0. The minimum Gasteiger partial charge on any atom is -0.490 e. The lowest BCUT2D eigenvalue weighted by Gasteiger charge is -2.15. The first-order valence-corrected chi connectivity index (χ1v) is 8.43. The molecule has 0 heterocycles. The number of carbonyl (C=O) groups excluding carboxylic acids is 1. The van der Waals surface area contributed by atoms with E-state index in [2.05, 4.69) is 5.10 Å². The average molecular weight is 355 g/mol. The second kappa shape index (κ2) is 9.46. The maximum Gasteiger partial charge on any atom is 0.259 e. The highest BCUT2D eigenvalue weighted by molar-refractivity contribution is 5.82. The summed E-state index contributed by atoms with van der Waals surface area (Å²) in [5.41, 5.74) is 1.87. The van der Waals surface area contributed by atoms with Gasteiger partial charge in [-0.05, 0) is 42.8 Å². The fraction of sp³-hybridized carbons (Fsp3) is 0.300. The first-order valence-electron chi connectivity index (χ1n) is 8.43. The zero-order chi connectivity index (χ0) is 18.9. The number of rotatable bonds is 8. The number of hydrogen-bond acceptors (Lipinski definition) is 5. The molecule has 6 heteroatoms. The van der Waals surface area contributed by atoms with Crippen molar-refractivity contribution < 1.29 is 14.3 Å². The van der Waals surface area contributed by atoms with Gasteiger partial charge in [-0.15, -0.1) is 0 Å². The standard InChI is InChI=1S/C20H25N3O3/c1-5-25-19-13-16(11-12-18(19)26-15-20(24)22(2)3)14-21-23(4)17-9-7-6-8-10-17/h6-14H,5,15H2,1-4H3/b21-14-. The average Bonchev–Trinajstić information content (AvgIpc) is 2.65. The van der Waals surface area contributed by atoms with Crippen LogP contribution in [-0.4, -0.2) is 51.4 Å². The highest BCUT2D eigenvalue weighted by Gasteiger charge is 2.10. The molecule has 0 N–H and O–H groups in total. The quantitative estimate of drug-likeness (QED) is 0.539. The molecular weight excluding hydrogens is 330 g/mol. The molecule has 26 heavy (non-hydrogen) atoms. The van der Waals surface area contributed by atoms with Gasteiger partial charge in [-0.25, -0.2) is 0 Å². The Bertz CT molecular complexity index is 745. The summed E-state index contributed by atoms with van der Waals surface area (Å²) in [7, 11) is 5.27. The Balaban J connectivity index is 2.11. The van der Waals surface area contributed by atoms with E-state index in [4.69, 9.17) is 9.47 Å². The largest absolute Gasteiger partial charge is 0.490 e. The normalized spacial score (nSPS) is 10.6. The van der Waals surface area contributed by atoms with Gasteiger partial charge in [0.2, 0.25) is 0 Å². The molecule has 0 bridgehead atoms. The highest BCUT2D eigenvalue weighted by atomic mass is 16.5. The number of likely N-dealkylation sites (N-methyl/N-ethyl adjacent to an activating group) is 1. The molecule has 0 atom stereocenters. The van der Waals surface area contributed by atoms with Gasteiger partial charge in [0.1, 0.15) is 0 Å². The fourth-order valence-corrected chi connectivity index (χ4v) is 2.12. The second-order valence-corrected chi connectivity index (χ2v) is 5.82. The van der Waals surface area contributed by atoms with E-state index >= 15 is 0 Å². The van der Waals surface area contributed by atoms with Gasteiger partial charge < -0.3 is 14.4 Å². The van der Waals surface area contributed by atoms with Crippen molar-refractivity contribution in [1.29, 1.82) is 0 Å². The Morgan fingerprint density at radius 2 is 1.77 bits per heavy atom. The van der Waals surface area contributed by atoms with Crippen LogP contribution >= 0.6 is 0 Å². The third kappa shape index (κ3) is 5.51. The zero-order valence-electron chi connectivity index (χ0n) is 15.7. The third-order valence-electron chi connectivity index (χ3n) is 3.63. The van der Waals surface area contributed by atoms with Crippen molar-refractivity contribution in [3.63, 3.8) is 0 Å². The number of amides is 1. The van der Waals surface area contributed by atoms with Crippen molar-refractivity contribution in [3.05, 3.63) is 54.1 Å². The number of anilines is 1. The van der Waals surface area contributed by atoms with E-state index < -0.39 is 0 Å². The van der Waals surface area contributed by atoms with Crippen LogP contribution in [0.3, 0.4) is 0 Å². The molecule has 2 aromatic carbocycles. The smallest absolute Gasteiger partial charge is 0.259 e. The van der Waals surface area contributed by atoms with Crippen molar-refractivity contribution >= 4 is 17.8 Å². The lowest BCUT2D eigenvalue weighted by Crippen LogP contribution is -2.27. The minimum atomic E-state index is -0.109. The molecule has 0 saturated carbocycles. The lowest BCUT2D eigenvalue weighted by molar-refractivity contribution is -0.130. The molecule has 2 aromatic rings. The molecule has 0 aliphatic heterocycles. The van der Waals surface area contributed by atoms with Gasteiger partial charge in [0.15, 0.2) is 18.1 Å².